The minimum atomic E-state index is -0.617. The summed E-state index contributed by atoms with van der Waals surface area (Å²) >= 11 is 5.62. The molecule has 3 N–H and O–H groups in total. The topological polar surface area (TPSA) is 52.5 Å². The Labute approximate surface area is 82.0 Å². The van der Waals surface area contributed by atoms with Gasteiger partial charge in [-0.1, -0.05) is 17.7 Å². The summed E-state index contributed by atoms with van der Waals surface area (Å²) in [5, 5.41) is 21.9. The lowest BCUT2D eigenvalue weighted by molar-refractivity contribution is 0.177. The van der Waals surface area contributed by atoms with Gasteiger partial charge < -0.3 is 15.5 Å². The Morgan fingerprint density at radius 3 is 2.77 bits per heavy atom. The molecule has 1 atom stereocenters. The van der Waals surface area contributed by atoms with E-state index in [1.54, 1.807) is 19.2 Å². The van der Waals surface area contributed by atoms with E-state index in [1.165, 1.54) is 6.07 Å². The van der Waals surface area contributed by atoms with Crippen molar-refractivity contribution in [3.8, 4) is 5.75 Å². The molecule has 0 saturated carbocycles. The SMILES string of the molecule is CNCC(O)c1ccc(Cl)c(O)c1. The van der Waals surface area contributed by atoms with Crippen LogP contribution in [0, 0.1) is 0 Å². The van der Waals surface area contributed by atoms with Crippen molar-refractivity contribution in [1.29, 1.82) is 0 Å². The van der Waals surface area contributed by atoms with E-state index in [1.807, 2.05) is 0 Å². The zero-order chi connectivity index (χ0) is 9.84. The molecule has 4 heteroatoms. The Balaban J connectivity index is 2.84. The average molecular weight is 202 g/mol. The van der Waals surface area contributed by atoms with Gasteiger partial charge in [-0.05, 0) is 24.7 Å². The van der Waals surface area contributed by atoms with Crippen LogP contribution in [0.25, 0.3) is 0 Å². The summed E-state index contributed by atoms with van der Waals surface area (Å²) < 4.78 is 0. The first-order valence-electron chi connectivity index (χ1n) is 3.96. The molecular weight excluding hydrogens is 190 g/mol. The number of nitrogens with one attached hydrogen (secondary N) is 1. The van der Waals surface area contributed by atoms with Crippen LogP contribution in [0.2, 0.25) is 5.02 Å². The maximum Gasteiger partial charge on any atom is 0.134 e. The molecule has 0 aliphatic carbocycles. The van der Waals surface area contributed by atoms with Gasteiger partial charge in [0.25, 0.3) is 0 Å². The predicted molar refractivity (Wildman–Crippen MR) is 52.0 cm³/mol. The third-order valence-corrected chi connectivity index (χ3v) is 2.07. The molecule has 0 bridgehead atoms. The predicted octanol–water partition coefficient (Wildman–Crippen LogP) is 1.30. The second-order valence-corrected chi connectivity index (χ2v) is 3.19. The van der Waals surface area contributed by atoms with Gasteiger partial charge in [0.1, 0.15) is 5.75 Å². The summed E-state index contributed by atoms with van der Waals surface area (Å²) in [6.45, 7) is 0.446. The number of rotatable bonds is 3. The van der Waals surface area contributed by atoms with Gasteiger partial charge in [0, 0.05) is 6.54 Å². The fraction of sp³-hybridized carbons (Fsp3) is 0.333. The first-order valence-corrected chi connectivity index (χ1v) is 4.34. The van der Waals surface area contributed by atoms with E-state index in [-0.39, 0.29) is 5.75 Å². The number of phenols is 1. The molecule has 1 unspecified atom stereocenters. The van der Waals surface area contributed by atoms with E-state index in [2.05, 4.69) is 5.32 Å². The highest BCUT2D eigenvalue weighted by Crippen LogP contribution is 2.26. The maximum atomic E-state index is 9.52. The maximum absolute atomic E-state index is 9.52. The van der Waals surface area contributed by atoms with Gasteiger partial charge in [0.2, 0.25) is 0 Å². The molecule has 0 saturated heterocycles. The lowest BCUT2D eigenvalue weighted by Crippen LogP contribution is -2.16. The number of benzene rings is 1. The highest BCUT2D eigenvalue weighted by atomic mass is 35.5. The summed E-state index contributed by atoms with van der Waals surface area (Å²) in [4.78, 5) is 0. The molecule has 1 aromatic rings. The van der Waals surface area contributed by atoms with Crippen LogP contribution in [-0.4, -0.2) is 23.8 Å². The van der Waals surface area contributed by atoms with Gasteiger partial charge >= 0.3 is 0 Å². The summed E-state index contributed by atoms with van der Waals surface area (Å²) in [6.07, 6.45) is -0.617. The zero-order valence-electron chi connectivity index (χ0n) is 7.29. The number of aliphatic hydroxyl groups excluding tert-OH is 1. The molecule has 0 amide bonds. The molecule has 0 fully saturated rings. The molecule has 13 heavy (non-hydrogen) atoms. The number of hydrogen-bond donors (Lipinski definition) is 3. The first-order chi connectivity index (χ1) is 6.15. The lowest BCUT2D eigenvalue weighted by atomic mass is 10.1. The van der Waals surface area contributed by atoms with Crippen LogP contribution in [0.3, 0.4) is 0 Å². The van der Waals surface area contributed by atoms with Crippen molar-refractivity contribution in [3.63, 3.8) is 0 Å². The van der Waals surface area contributed by atoms with Gasteiger partial charge in [0.05, 0.1) is 11.1 Å². The standard InChI is InChI=1S/C9H12ClNO2/c1-11-5-9(13)6-2-3-7(10)8(12)4-6/h2-4,9,11-13H,5H2,1H3. The zero-order valence-corrected chi connectivity index (χ0v) is 8.04. The van der Waals surface area contributed by atoms with Crippen molar-refractivity contribution in [3.05, 3.63) is 28.8 Å². The van der Waals surface area contributed by atoms with Crippen LogP contribution in [0.5, 0.6) is 5.75 Å². The minimum Gasteiger partial charge on any atom is -0.506 e. The molecule has 0 radical (unpaired) electrons. The highest BCUT2D eigenvalue weighted by molar-refractivity contribution is 6.32. The molecule has 72 valence electrons. The van der Waals surface area contributed by atoms with Gasteiger partial charge in [-0.15, -0.1) is 0 Å². The Bertz CT molecular complexity index is 291. The molecule has 0 heterocycles. The Kier molecular flexibility index (Phi) is 3.54. The van der Waals surface area contributed by atoms with Crippen molar-refractivity contribution in [2.45, 2.75) is 6.10 Å². The number of halogens is 1. The molecule has 3 nitrogen and oxygen atoms in total. The van der Waals surface area contributed by atoms with Crippen molar-refractivity contribution in [2.24, 2.45) is 0 Å². The van der Waals surface area contributed by atoms with Crippen LogP contribution in [-0.2, 0) is 0 Å². The quantitative estimate of drug-likeness (QED) is 0.691. The Morgan fingerprint density at radius 2 is 2.23 bits per heavy atom. The highest BCUT2D eigenvalue weighted by Gasteiger charge is 2.08. The number of aliphatic hydroxyl groups is 1. The Hall–Kier alpha value is -0.770. The number of phenolic OH excluding ortho intramolecular Hbond substituents is 1. The minimum absolute atomic E-state index is 0.00526. The molecule has 0 aliphatic heterocycles. The van der Waals surface area contributed by atoms with E-state index in [4.69, 9.17) is 11.6 Å². The van der Waals surface area contributed by atoms with E-state index >= 15 is 0 Å². The summed E-state index contributed by atoms with van der Waals surface area (Å²) in [7, 11) is 1.75. The van der Waals surface area contributed by atoms with Crippen molar-refractivity contribution in [1.82, 2.24) is 5.32 Å². The third kappa shape index (κ3) is 2.59. The molecule has 0 spiro atoms. The summed E-state index contributed by atoms with van der Waals surface area (Å²) in [5.74, 6) is -0.00526. The van der Waals surface area contributed by atoms with E-state index < -0.39 is 6.10 Å². The van der Waals surface area contributed by atoms with Crippen molar-refractivity contribution >= 4 is 11.6 Å². The molecule has 0 aromatic heterocycles. The van der Waals surface area contributed by atoms with E-state index in [0.29, 0.717) is 17.1 Å². The van der Waals surface area contributed by atoms with Crippen molar-refractivity contribution < 1.29 is 10.2 Å². The first kappa shape index (κ1) is 10.3. The average Bonchev–Trinajstić information content (AvgIpc) is 2.10. The number of likely N-dealkylation sites (N-methyl/N-ethyl adjacent to an activating group) is 1. The van der Waals surface area contributed by atoms with Crippen LogP contribution >= 0.6 is 11.6 Å². The number of aromatic hydroxyl groups is 1. The lowest BCUT2D eigenvalue weighted by Gasteiger charge is -2.10. The second kappa shape index (κ2) is 4.46. The molecule has 1 rings (SSSR count). The van der Waals surface area contributed by atoms with E-state index in [0.717, 1.165) is 0 Å². The van der Waals surface area contributed by atoms with Crippen LogP contribution in [0.15, 0.2) is 18.2 Å². The molecule has 1 aromatic carbocycles. The second-order valence-electron chi connectivity index (χ2n) is 2.78. The summed E-state index contributed by atoms with van der Waals surface area (Å²) in [5.41, 5.74) is 0.649. The number of hydrogen-bond acceptors (Lipinski definition) is 3. The van der Waals surface area contributed by atoms with Gasteiger partial charge in [0.15, 0.2) is 0 Å². The van der Waals surface area contributed by atoms with Gasteiger partial charge in [-0.25, -0.2) is 0 Å². The van der Waals surface area contributed by atoms with Crippen LogP contribution in [0.4, 0.5) is 0 Å². The monoisotopic (exact) mass is 201 g/mol. The van der Waals surface area contributed by atoms with Gasteiger partial charge in [-0.2, -0.15) is 0 Å². The van der Waals surface area contributed by atoms with E-state index in [9.17, 15) is 10.2 Å². The fourth-order valence-corrected chi connectivity index (χ4v) is 1.17. The largest absolute Gasteiger partial charge is 0.506 e. The van der Waals surface area contributed by atoms with Crippen LogP contribution < -0.4 is 5.32 Å². The third-order valence-electron chi connectivity index (χ3n) is 1.75. The van der Waals surface area contributed by atoms with Gasteiger partial charge in [-0.3, -0.25) is 0 Å². The smallest absolute Gasteiger partial charge is 0.134 e. The van der Waals surface area contributed by atoms with Crippen molar-refractivity contribution in [2.75, 3.05) is 13.6 Å². The summed E-state index contributed by atoms with van der Waals surface area (Å²) in [6, 6.07) is 4.71. The fourth-order valence-electron chi connectivity index (χ4n) is 1.05. The molecule has 0 aliphatic rings. The van der Waals surface area contributed by atoms with Crippen LogP contribution in [0.1, 0.15) is 11.7 Å². The molecular formula is C9H12ClNO2. The normalized spacial score (nSPS) is 12.8. The Morgan fingerprint density at radius 1 is 1.54 bits per heavy atom.